The van der Waals surface area contributed by atoms with Gasteiger partial charge in [0.25, 0.3) is 0 Å². The molecule has 2 aromatic carbocycles. The van der Waals surface area contributed by atoms with E-state index in [1.165, 1.54) is 18.2 Å². The lowest BCUT2D eigenvalue weighted by Gasteiger charge is -2.16. The van der Waals surface area contributed by atoms with Gasteiger partial charge in [-0.05, 0) is 35.4 Å². The van der Waals surface area contributed by atoms with Gasteiger partial charge in [0.2, 0.25) is 5.91 Å². The Balaban J connectivity index is 2.00. The second-order valence-corrected chi connectivity index (χ2v) is 5.60. The maximum absolute atomic E-state index is 13.9. The molecule has 21 heavy (non-hydrogen) atoms. The number of hydrogen-bond donors (Lipinski definition) is 1. The maximum atomic E-state index is 13.9. The van der Waals surface area contributed by atoms with Crippen LogP contribution in [0.2, 0.25) is 5.02 Å². The molecule has 0 fully saturated rings. The van der Waals surface area contributed by atoms with Crippen molar-refractivity contribution in [1.82, 2.24) is 0 Å². The minimum atomic E-state index is -0.616. The molecule has 1 aliphatic rings. The van der Waals surface area contributed by atoms with Crippen LogP contribution in [0.1, 0.15) is 22.7 Å². The SMILES string of the molecule is CN1C(=O)Cc2cc(C(N)c3cc(Cl)ccc3F)ccc21. The smallest absolute Gasteiger partial charge is 0.231 e. The molecule has 0 spiro atoms. The van der Waals surface area contributed by atoms with Crippen LogP contribution in [0.25, 0.3) is 0 Å². The van der Waals surface area contributed by atoms with Crippen LogP contribution in [0, 0.1) is 5.82 Å². The van der Waals surface area contributed by atoms with Gasteiger partial charge in [-0.25, -0.2) is 4.39 Å². The summed E-state index contributed by atoms with van der Waals surface area (Å²) in [4.78, 5) is 13.3. The minimum Gasteiger partial charge on any atom is -0.320 e. The predicted octanol–water partition coefficient (Wildman–Crippen LogP) is 3.05. The number of fused-ring (bicyclic) bond motifs is 1. The van der Waals surface area contributed by atoms with Gasteiger partial charge in [-0.3, -0.25) is 4.79 Å². The first-order chi connectivity index (χ1) is 9.97. The fourth-order valence-corrected chi connectivity index (χ4v) is 2.80. The molecule has 1 amide bonds. The summed E-state index contributed by atoms with van der Waals surface area (Å²) < 4.78 is 13.9. The Morgan fingerprint density at radius 1 is 1.29 bits per heavy atom. The summed E-state index contributed by atoms with van der Waals surface area (Å²) in [5.41, 5.74) is 9.05. The average Bonchev–Trinajstić information content (AvgIpc) is 2.75. The molecule has 2 N–H and O–H groups in total. The molecule has 2 aromatic rings. The van der Waals surface area contributed by atoms with E-state index in [0.29, 0.717) is 17.0 Å². The van der Waals surface area contributed by atoms with Gasteiger partial charge in [0.1, 0.15) is 5.82 Å². The van der Waals surface area contributed by atoms with Gasteiger partial charge in [-0.15, -0.1) is 0 Å². The van der Waals surface area contributed by atoms with Crippen molar-refractivity contribution < 1.29 is 9.18 Å². The Morgan fingerprint density at radius 2 is 2.05 bits per heavy atom. The van der Waals surface area contributed by atoms with Crippen molar-refractivity contribution in [1.29, 1.82) is 0 Å². The molecule has 0 bridgehead atoms. The van der Waals surface area contributed by atoms with E-state index in [9.17, 15) is 9.18 Å². The molecule has 5 heteroatoms. The van der Waals surface area contributed by atoms with Crippen LogP contribution in [0.15, 0.2) is 36.4 Å². The Hall–Kier alpha value is -1.91. The van der Waals surface area contributed by atoms with Crippen LogP contribution >= 0.6 is 11.6 Å². The van der Waals surface area contributed by atoms with Crippen LogP contribution in [0.4, 0.5) is 10.1 Å². The molecule has 1 atom stereocenters. The summed E-state index contributed by atoms with van der Waals surface area (Å²) in [6.07, 6.45) is 0.352. The number of likely N-dealkylation sites (N-methyl/N-ethyl adjacent to an activating group) is 1. The van der Waals surface area contributed by atoms with E-state index in [2.05, 4.69) is 0 Å². The summed E-state index contributed by atoms with van der Waals surface area (Å²) in [7, 11) is 1.74. The van der Waals surface area contributed by atoms with Crippen molar-refractivity contribution in [3.63, 3.8) is 0 Å². The molecular formula is C16H14ClFN2O. The quantitative estimate of drug-likeness (QED) is 0.927. The second kappa shape index (κ2) is 5.13. The number of rotatable bonds is 2. The van der Waals surface area contributed by atoms with E-state index in [1.807, 2.05) is 18.2 Å². The third kappa shape index (κ3) is 2.41. The van der Waals surface area contributed by atoms with Crippen LogP contribution < -0.4 is 10.6 Å². The van der Waals surface area contributed by atoms with E-state index >= 15 is 0 Å². The van der Waals surface area contributed by atoms with Crippen LogP contribution in [-0.2, 0) is 11.2 Å². The number of anilines is 1. The van der Waals surface area contributed by atoms with E-state index in [4.69, 9.17) is 17.3 Å². The van der Waals surface area contributed by atoms with Crippen LogP contribution in [-0.4, -0.2) is 13.0 Å². The van der Waals surface area contributed by atoms with Crippen molar-refractivity contribution in [3.05, 3.63) is 63.9 Å². The summed E-state index contributed by atoms with van der Waals surface area (Å²) in [5.74, 6) is -0.342. The van der Waals surface area contributed by atoms with Gasteiger partial charge in [-0.2, -0.15) is 0 Å². The number of nitrogens with zero attached hydrogens (tertiary/aromatic N) is 1. The Morgan fingerprint density at radius 3 is 2.81 bits per heavy atom. The van der Waals surface area contributed by atoms with E-state index < -0.39 is 6.04 Å². The highest BCUT2D eigenvalue weighted by Crippen LogP contribution is 2.32. The summed E-state index contributed by atoms with van der Waals surface area (Å²) in [6.45, 7) is 0. The highest BCUT2D eigenvalue weighted by Gasteiger charge is 2.25. The zero-order valence-electron chi connectivity index (χ0n) is 11.4. The van der Waals surface area contributed by atoms with Gasteiger partial charge >= 0.3 is 0 Å². The number of carbonyl (C=O) groups excluding carboxylic acids is 1. The Labute approximate surface area is 127 Å². The van der Waals surface area contributed by atoms with Gasteiger partial charge in [0, 0.05) is 23.3 Å². The number of benzene rings is 2. The topological polar surface area (TPSA) is 46.3 Å². The normalized spacial score (nSPS) is 15.2. The highest BCUT2D eigenvalue weighted by atomic mass is 35.5. The minimum absolute atomic E-state index is 0.0460. The molecule has 3 rings (SSSR count). The molecule has 0 radical (unpaired) electrons. The fraction of sp³-hybridized carbons (Fsp3) is 0.188. The zero-order valence-corrected chi connectivity index (χ0v) is 12.2. The summed E-state index contributed by atoms with van der Waals surface area (Å²) >= 11 is 5.91. The third-order valence-corrected chi connectivity index (χ3v) is 4.07. The molecule has 1 aliphatic heterocycles. The zero-order chi connectivity index (χ0) is 15.1. The van der Waals surface area contributed by atoms with Gasteiger partial charge < -0.3 is 10.6 Å². The lowest BCUT2D eigenvalue weighted by atomic mass is 9.96. The first kappa shape index (κ1) is 14.0. The molecule has 0 aliphatic carbocycles. The number of amides is 1. The second-order valence-electron chi connectivity index (χ2n) is 5.16. The first-order valence-corrected chi connectivity index (χ1v) is 6.95. The van der Waals surface area contributed by atoms with Crippen LogP contribution in [0.3, 0.4) is 0 Å². The molecule has 0 saturated carbocycles. The highest BCUT2D eigenvalue weighted by molar-refractivity contribution is 6.30. The largest absolute Gasteiger partial charge is 0.320 e. The Bertz CT molecular complexity index is 732. The predicted molar refractivity (Wildman–Crippen MR) is 81.0 cm³/mol. The van der Waals surface area contributed by atoms with Crippen molar-refractivity contribution in [2.45, 2.75) is 12.5 Å². The lowest BCUT2D eigenvalue weighted by molar-refractivity contribution is -0.117. The number of halogens is 2. The summed E-state index contributed by atoms with van der Waals surface area (Å²) in [5, 5.41) is 0.443. The first-order valence-electron chi connectivity index (χ1n) is 6.57. The lowest BCUT2D eigenvalue weighted by Crippen LogP contribution is -2.20. The molecule has 0 saturated heterocycles. The fourth-order valence-electron chi connectivity index (χ4n) is 2.62. The molecule has 3 nitrogen and oxygen atoms in total. The summed E-state index contributed by atoms with van der Waals surface area (Å²) in [6, 6.07) is 9.24. The van der Waals surface area contributed by atoms with E-state index in [1.54, 1.807) is 11.9 Å². The molecule has 1 unspecified atom stereocenters. The van der Waals surface area contributed by atoms with Crippen molar-refractivity contribution in [2.75, 3.05) is 11.9 Å². The molecule has 1 heterocycles. The Kier molecular flexibility index (Phi) is 3.43. The van der Waals surface area contributed by atoms with Crippen molar-refractivity contribution >= 4 is 23.2 Å². The standard InChI is InChI=1S/C16H14ClFN2O/c1-20-14-5-2-9(6-10(14)7-15(20)21)16(19)12-8-11(17)3-4-13(12)18/h2-6,8,16H,7,19H2,1H3. The van der Waals surface area contributed by atoms with E-state index in [-0.39, 0.29) is 11.7 Å². The van der Waals surface area contributed by atoms with Gasteiger partial charge in [0.05, 0.1) is 12.5 Å². The number of nitrogens with two attached hydrogens (primary N) is 1. The third-order valence-electron chi connectivity index (χ3n) is 3.83. The number of carbonyl (C=O) groups is 1. The molecule has 108 valence electrons. The van der Waals surface area contributed by atoms with Crippen molar-refractivity contribution in [3.8, 4) is 0 Å². The molecular weight excluding hydrogens is 291 g/mol. The van der Waals surface area contributed by atoms with E-state index in [0.717, 1.165) is 16.8 Å². The maximum Gasteiger partial charge on any atom is 0.231 e. The molecule has 0 aromatic heterocycles. The van der Waals surface area contributed by atoms with Crippen LogP contribution in [0.5, 0.6) is 0 Å². The number of hydrogen-bond acceptors (Lipinski definition) is 2. The van der Waals surface area contributed by atoms with Gasteiger partial charge in [-0.1, -0.05) is 23.7 Å². The van der Waals surface area contributed by atoms with Crippen molar-refractivity contribution in [2.24, 2.45) is 5.73 Å². The average molecular weight is 305 g/mol. The monoisotopic (exact) mass is 304 g/mol. The van der Waals surface area contributed by atoms with Gasteiger partial charge in [0.15, 0.2) is 0 Å².